The maximum atomic E-state index is 13.3. The van der Waals surface area contributed by atoms with Gasteiger partial charge in [0, 0.05) is 12.1 Å². The first-order chi connectivity index (χ1) is 11.1. The molecule has 1 saturated heterocycles. The van der Waals surface area contributed by atoms with Gasteiger partial charge in [-0.25, -0.2) is 8.78 Å². The molecule has 1 fully saturated rings. The van der Waals surface area contributed by atoms with E-state index >= 15 is 0 Å². The first-order valence-electron chi connectivity index (χ1n) is 7.47. The molecule has 0 aliphatic carbocycles. The summed E-state index contributed by atoms with van der Waals surface area (Å²) < 4.78 is 32.1. The lowest BCUT2D eigenvalue weighted by molar-refractivity contribution is -0.0231. The fourth-order valence-electron chi connectivity index (χ4n) is 2.78. The second kappa shape index (κ2) is 6.46. The monoisotopic (exact) mass is 317 g/mol. The van der Waals surface area contributed by atoms with Crippen LogP contribution < -0.4 is 0 Å². The van der Waals surface area contributed by atoms with Crippen molar-refractivity contribution < 1.29 is 18.3 Å². The van der Waals surface area contributed by atoms with E-state index in [9.17, 15) is 13.6 Å². The molecule has 1 amide bonds. The summed E-state index contributed by atoms with van der Waals surface area (Å²) in [6, 6.07) is 11.1. The van der Waals surface area contributed by atoms with Crippen molar-refractivity contribution in [1.29, 1.82) is 0 Å². The molecule has 0 spiro atoms. The molecule has 0 aromatic heterocycles. The molecule has 2 aromatic rings. The van der Waals surface area contributed by atoms with Crippen LogP contribution in [0.4, 0.5) is 8.78 Å². The van der Waals surface area contributed by atoms with E-state index in [-0.39, 0.29) is 17.6 Å². The zero-order chi connectivity index (χ0) is 16.4. The second-order valence-electron chi connectivity index (χ2n) is 5.60. The quantitative estimate of drug-likeness (QED) is 0.848. The van der Waals surface area contributed by atoms with Crippen molar-refractivity contribution >= 4 is 5.91 Å². The number of benzene rings is 2. The lowest BCUT2D eigenvalue weighted by atomic mass is 10.0. The summed E-state index contributed by atoms with van der Waals surface area (Å²) in [5.41, 5.74) is 2.28. The number of halogens is 2. The van der Waals surface area contributed by atoms with Gasteiger partial charge in [-0.3, -0.25) is 4.79 Å². The molecular formula is C18H17F2NO2. The highest BCUT2D eigenvalue weighted by molar-refractivity contribution is 5.94. The first-order valence-corrected chi connectivity index (χ1v) is 7.47. The van der Waals surface area contributed by atoms with Crippen LogP contribution in [-0.2, 0) is 4.74 Å². The molecule has 3 rings (SSSR count). The molecular weight excluding hydrogens is 300 g/mol. The SMILES string of the molecule is Cc1ccccc1C1CN(C(=O)c2ccc(F)c(F)c2)CCO1. The summed E-state index contributed by atoms with van der Waals surface area (Å²) in [4.78, 5) is 14.1. The average molecular weight is 317 g/mol. The van der Waals surface area contributed by atoms with E-state index in [1.165, 1.54) is 6.07 Å². The number of nitrogens with zero attached hydrogens (tertiary/aromatic N) is 1. The summed E-state index contributed by atoms with van der Waals surface area (Å²) in [5.74, 6) is -2.29. The predicted octanol–water partition coefficient (Wildman–Crippen LogP) is 3.49. The van der Waals surface area contributed by atoms with Gasteiger partial charge in [-0.1, -0.05) is 24.3 Å². The summed E-state index contributed by atoms with van der Waals surface area (Å²) >= 11 is 0. The highest BCUT2D eigenvalue weighted by atomic mass is 19.2. The van der Waals surface area contributed by atoms with Gasteiger partial charge in [0.1, 0.15) is 6.10 Å². The van der Waals surface area contributed by atoms with Crippen LogP contribution in [-0.4, -0.2) is 30.5 Å². The Labute approximate surface area is 133 Å². The van der Waals surface area contributed by atoms with Gasteiger partial charge in [-0.15, -0.1) is 0 Å². The summed E-state index contributed by atoms with van der Waals surface area (Å²) in [5, 5.41) is 0. The highest BCUT2D eigenvalue weighted by Crippen LogP contribution is 2.26. The molecule has 23 heavy (non-hydrogen) atoms. The first kappa shape index (κ1) is 15.6. The third-order valence-corrected chi connectivity index (χ3v) is 4.06. The molecule has 120 valence electrons. The maximum absolute atomic E-state index is 13.3. The number of carbonyl (C=O) groups excluding carboxylic acids is 1. The normalized spacial score (nSPS) is 18.0. The molecule has 1 heterocycles. The molecule has 2 aromatic carbocycles. The number of morpholine rings is 1. The van der Waals surface area contributed by atoms with E-state index in [1.54, 1.807) is 4.90 Å². The number of rotatable bonds is 2. The van der Waals surface area contributed by atoms with Gasteiger partial charge < -0.3 is 9.64 Å². The number of hydrogen-bond donors (Lipinski definition) is 0. The number of ether oxygens (including phenoxy) is 1. The Hall–Kier alpha value is -2.27. The topological polar surface area (TPSA) is 29.5 Å². The van der Waals surface area contributed by atoms with Gasteiger partial charge >= 0.3 is 0 Å². The van der Waals surface area contributed by atoms with E-state index < -0.39 is 11.6 Å². The molecule has 1 unspecified atom stereocenters. The van der Waals surface area contributed by atoms with Crippen LogP contribution in [0.15, 0.2) is 42.5 Å². The van der Waals surface area contributed by atoms with E-state index in [4.69, 9.17) is 4.74 Å². The van der Waals surface area contributed by atoms with Gasteiger partial charge in [-0.05, 0) is 36.2 Å². The second-order valence-corrected chi connectivity index (χ2v) is 5.60. The lowest BCUT2D eigenvalue weighted by Gasteiger charge is -2.34. The van der Waals surface area contributed by atoms with Crippen molar-refractivity contribution in [3.8, 4) is 0 Å². The van der Waals surface area contributed by atoms with Crippen LogP contribution in [0.5, 0.6) is 0 Å². The molecule has 0 radical (unpaired) electrons. The molecule has 1 atom stereocenters. The van der Waals surface area contributed by atoms with Gasteiger partial charge in [-0.2, -0.15) is 0 Å². The van der Waals surface area contributed by atoms with E-state index in [0.29, 0.717) is 19.7 Å². The van der Waals surface area contributed by atoms with Crippen molar-refractivity contribution in [2.45, 2.75) is 13.0 Å². The van der Waals surface area contributed by atoms with E-state index in [1.807, 2.05) is 31.2 Å². The minimum Gasteiger partial charge on any atom is -0.370 e. The number of hydrogen-bond acceptors (Lipinski definition) is 2. The Morgan fingerprint density at radius 2 is 1.96 bits per heavy atom. The summed E-state index contributed by atoms with van der Waals surface area (Å²) in [7, 11) is 0. The fourth-order valence-corrected chi connectivity index (χ4v) is 2.78. The molecule has 1 aliphatic heterocycles. The zero-order valence-electron chi connectivity index (χ0n) is 12.8. The molecule has 0 N–H and O–H groups in total. The van der Waals surface area contributed by atoms with Gasteiger partial charge in [0.15, 0.2) is 11.6 Å². The molecule has 0 saturated carbocycles. The van der Waals surface area contributed by atoms with E-state index in [2.05, 4.69) is 0 Å². The fraction of sp³-hybridized carbons (Fsp3) is 0.278. The minimum atomic E-state index is -1.01. The predicted molar refractivity (Wildman–Crippen MR) is 82.1 cm³/mol. The minimum absolute atomic E-state index is 0.148. The van der Waals surface area contributed by atoms with Gasteiger partial charge in [0.2, 0.25) is 0 Å². The Kier molecular flexibility index (Phi) is 4.39. The van der Waals surface area contributed by atoms with Crippen LogP contribution in [0.25, 0.3) is 0 Å². The summed E-state index contributed by atoms with van der Waals surface area (Å²) in [6.07, 6.45) is -0.209. The zero-order valence-corrected chi connectivity index (χ0v) is 12.8. The van der Waals surface area contributed by atoms with E-state index in [0.717, 1.165) is 23.3 Å². The van der Waals surface area contributed by atoms with Crippen LogP contribution in [0.3, 0.4) is 0 Å². The van der Waals surface area contributed by atoms with Crippen LogP contribution in [0, 0.1) is 18.6 Å². The van der Waals surface area contributed by atoms with Crippen molar-refractivity contribution in [2.75, 3.05) is 19.7 Å². The highest BCUT2D eigenvalue weighted by Gasteiger charge is 2.27. The Morgan fingerprint density at radius 3 is 2.70 bits per heavy atom. The Balaban J connectivity index is 1.79. The van der Waals surface area contributed by atoms with Crippen molar-refractivity contribution in [3.63, 3.8) is 0 Å². The lowest BCUT2D eigenvalue weighted by Crippen LogP contribution is -2.42. The Bertz CT molecular complexity index is 733. The average Bonchev–Trinajstić information content (AvgIpc) is 2.57. The smallest absolute Gasteiger partial charge is 0.254 e. The van der Waals surface area contributed by atoms with Crippen molar-refractivity contribution in [2.24, 2.45) is 0 Å². The molecule has 1 aliphatic rings. The molecule has 0 bridgehead atoms. The standard InChI is InChI=1S/C18H17F2NO2/c1-12-4-2-3-5-14(12)17-11-21(8-9-23-17)18(22)13-6-7-15(19)16(20)10-13/h2-7,10,17H,8-9,11H2,1H3. The van der Waals surface area contributed by atoms with Crippen LogP contribution in [0.2, 0.25) is 0 Å². The van der Waals surface area contributed by atoms with Crippen molar-refractivity contribution in [1.82, 2.24) is 4.90 Å². The number of amides is 1. The molecule has 5 heteroatoms. The third-order valence-electron chi connectivity index (χ3n) is 4.06. The summed E-state index contributed by atoms with van der Waals surface area (Å²) in [6.45, 7) is 3.23. The van der Waals surface area contributed by atoms with Crippen molar-refractivity contribution in [3.05, 3.63) is 70.8 Å². The maximum Gasteiger partial charge on any atom is 0.254 e. The third kappa shape index (κ3) is 3.24. The van der Waals surface area contributed by atoms with Gasteiger partial charge in [0.05, 0.1) is 13.2 Å². The van der Waals surface area contributed by atoms with Crippen LogP contribution >= 0.6 is 0 Å². The number of aryl methyl sites for hydroxylation is 1. The van der Waals surface area contributed by atoms with Crippen LogP contribution in [0.1, 0.15) is 27.6 Å². The largest absolute Gasteiger partial charge is 0.370 e. The molecule has 3 nitrogen and oxygen atoms in total. The van der Waals surface area contributed by atoms with Gasteiger partial charge in [0.25, 0.3) is 5.91 Å². The number of carbonyl (C=O) groups is 1. The Morgan fingerprint density at radius 1 is 1.17 bits per heavy atom.